The zero-order valence-electron chi connectivity index (χ0n) is 19.8. The zero-order valence-corrected chi connectivity index (χ0v) is 19.8. The van der Waals surface area contributed by atoms with Crippen LogP contribution in [0.25, 0.3) is 11.0 Å². The van der Waals surface area contributed by atoms with E-state index in [-0.39, 0.29) is 30.4 Å². The average molecular weight is 455 g/mol. The van der Waals surface area contributed by atoms with Crippen molar-refractivity contribution in [3.8, 4) is 0 Å². The van der Waals surface area contributed by atoms with Gasteiger partial charge >= 0.3 is 0 Å². The molecule has 1 N–H and O–H groups in total. The number of hydrogen-bond donors (Lipinski definition) is 1. The summed E-state index contributed by atoms with van der Waals surface area (Å²) >= 11 is 0. The van der Waals surface area contributed by atoms with Gasteiger partial charge < -0.3 is 14.8 Å². The Bertz CT molecular complexity index is 1270. The molecule has 1 aromatic heterocycles. The molecular formula is C28H30N4O2. The second-order valence-corrected chi connectivity index (χ2v) is 8.71. The number of fused-ring (bicyclic) bond motifs is 1. The summed E-state index contributed by atoms with van der Waals surface area (Å²) in [7, 11) is 0. The number of nitrogens with one attached hydrogen (secondary N) is 1. The van der Waals surface area contributed by atoms with E-state index in [1.54, 1.807) is 12.1 Å². The highest BCUT2D eigenvalue weighted by atomic mass is 16.2. The molecule has 0 fully saturated rings. The van der Waals surface area contributed by atoms with Gasteiger partial charge in [-0.05, 0) is 50.6 Å². The van der Waals surface area contributed by atoms with E-state index in [0.29, 0.717) is 17.9 Å². The lowest BCUT2D eigenvalue weighted by molar-refractivity contribution is -0.134. The quantitative estimate of drug-likeness (QED) is 0.409. The van der Waals surface area contributed by atoms with E-state index in [1.165, 1.54) is 0 Å². The van der Waals surface area contributed by atoms with Gasteiger partial charge in [-0.3, -0.25) is 9.59 Å². The fourth-order valence-electron chi connectivity index (χ4n) is 4.09. The van der Waals surface area contributed by atoms with Crippen molar-refractivity contribution < 1.29 is 9.59 Å². The Labute approximate surface area is 200 Å². The molecule has 0 spiro atoms. The van der Waals surface area contributed by atoms with Crippen molar-refractivity contribution in [3.63, 3.8) is 0 Å². The van der Waals surface area contributed by atoms with Crippen molar-refractivity contribution in [1.29, 1.82) is 0 Å². The summed E-state index contributed by atoms with van der Waals surface area (Å²) in [6, 6.07) is 26.5. The molecule has 4 aromatic rings. The van der Waals surface area contributed by atoms with Gasteiger partial charge in [-0.2, -0.15) is 0 Å². The number of aromatic nitrogens is 2. The topological polar surface area (TPSA) is 67.2 Å². The molecule has 3 aromatic carbocycles. The van der Waals surface area contributed by atoms with Crippen molar-refractivity contribution >= 4 is 22.8 Å². The number of para-hydroxylation sites is 2. The Hall–Kier alpha value is -3.93. The summed E-state index contributed by atoms with van der Waals surface area (Å²) in [5, 5.41) is 3.03. The Morgan fingerprint density at radius 3 is 2.18 bits per heavy atom. The smallest absolute Gasteiger partial charge is 0.251 e. The minimum atomic E-state index is -0.380. The van der Waals surface area contributed by atoms with Crippen LogP contribution in [0.2, 0.25) is 0 Å². The van der Waals surface area contributed by atoms with Crippen LogP contribution in [0.4, 0.5) is 0 Å². The van der Waals surface area contributed by atoms with E-state index in [2.05, 4.69) is 5.32 Å². The molecule has 1 unspecified atom stereocenters. The van der Waals surface area contributed by atoms with Crippen molar-refractivity contribution in [2.24, 2.45) is 0 Å². The molecule has 0 saturated heterocycles. The van der Waals surface area contributed by atoms with Gasteiger partial charge in [0.1, 0.15) is 12.4 Å². The van der Waals surface area contributed by atoms with E-state index in [1.807, 2.05) is 103 Å². The Morgan fingerprint density at radius 2 is 1.50 bits per heavy atom. The zero-order chi connectivity index (χ0) is 24.1. The fourth-order valence-corrected chi connectivity index (χ4v) is 4.09. The Kier molecular flexibility index (Phi) is 7.07. The van der Waals surface area contributed by atoms with Gasteiger partial charge in [-0.15, -0.1) is 0 Å². The molecular weight excluding hydrogens is 424 g/mol. The van der Waals surface area contributed by atoms with Gasteiger partial charge in [-0.25, -0.2) is 4.98 Å². The maximum atomic E-state index is 13.5. The monoisotopic (exact) mass is 454 g/mol. The van der Waals surface area contributed by atoms with Crippen LogP contribution >= 0.6 is 0 Å². The second-order valence-electron chi connectivity index (χ2n) is 8.71. The van der Waals surface area contributed by atoms with Gasteiger partial charge in [0, 0.05) is 18.2 Å². The van der Waals surface area contributed by atoms with Crippen LogP contribution in [0, 0.1) is 0 Å². The Morgan fingerprint density at radius 1 is 0.882 bits per heavy atom. The summed E-state index contributed by atoms with van der Waals surface area (Å²) in [4.78, 5) is 32.9. The molecule has 174 valence electrons. The third kappa shape index (κ3) is 5.17. The van der Waals surface area contributed by atoms with Crippen molar-refractivity contribution in [2.45, 2.75) is 45.9 Å². The highest BCUT2D eigenvalue weighted by molar-refractivity contribution is 5.94. The normalized spacial score (nSPS) is 12.0. The minimum Gasteiger partial charge on any atom is -0.342 e. The predicted octanol–water partition coefficient (Wildman–Crippen LogP) is 4.96. The molecule has 0 aliphatic rings. The SMILES string of the molecule is CC(NC(=O)c1ccccc1)c1nc2ccccc2n1CC(=O)N(Cc1ccccc1)C(C)C. The predicted molar refractivity (Wildman–Crippen MR) is 134 cm³/mol. The number of carbonyl (C=O) groups excluding carboxylic acids is 2. The molecule has 0 aliphatic carbocycles. The lowest BCUT2D eigenvalue weighted by atomic mass is 10.2. The van der Waals surface area contributed by atoms with Gasteiger partial charge in [0.2, 0.25) is 5.91 Å². The van der Waals surface area contributed by atoms with E-state index in [9.17, 15) is 9.59 Å². The number of rotatable bonds is 8. The summed E-state index contributed by atoms with van der Waals surface area (Å²) in [6.07, 6.45) is 0. The highest BCUT2D eigenvalue weighted by Crippen LogP contribution is 2.22. The molecule has 0 aliphatic heterocycles. The average Bonchev–Trinajstić information content (AvgIpc) is 3.22. The van der Waals surface area contributed by atoms with Crippen LogP contribution in [-0.4, -0.2) is 32.3 Å². The number of amides is 2. The van der Waals surface area contributed by atoms with E-state index in [4.69, 9.17) is 4.98 Å². The molecule has 4 rings (SSSR count). The summed E-state index contributed by atoms with van der Waals surface area (Å²) in [5.41, 5.74) is 3.34. The third-order valence-corrected chi connectivity index (χ3v) is 5.89. The van der Waals surface area contributed by atoms with Crippen LogP contribution < -0.4 is 5.32 Å². The maximum absolute atomic E-state index is 13.5. The Balaban J connectivity index is 1.61. The molecule has 0 bridgehead atoms. The standard InChI is InChI=1S/C28H30N4O2/c1-20(2)31(18-22-12-6-4-7-13-22)26(33)19-32-25-17-11-10-16-24(25)30-27(32)21(3)29-28(34)23-14-8-5-9-15-23/h4-17,20-21H,18-19H2,1-3H3,(H,29,34). The van der Waals surface area contributed by atoms with Crippen molar-refractivity contribution in [3.05, 3.63) is 102 Å². The van der Waals surface area contributed by atoms with Crippen LogP contribution in [-0.2, 0) is 17.9 Å². The first-order valence-corrected chi connectivity index (χ1v) is 11.6. The maximum Gasteiger partial charge on any atom is 0.251 e. The molecule has 1 atom stereocenters. The summed E-state index contributed by atoms with van der Waals surface area (Å²) < 4.78 is 1.92. The number of imidazole rings is 1. The van der Waals surface area contributed by atoms with Crippen LogP contribution in [0.15, 0.2) is 84.9 Å². The van der Waals surface area contributed by atoms with Gasteiger partial charge in [0.05, 0.1) is 17.1 Å². The van der Waals surface area contributed by atoms with Crippen LogP contribution in [0.1, 0.15) is 48.6 Å². The molecule has 6 heteroatoms. The summed E-state index contributed by atoms with van der Waals surface area (Å²) in [6.45, 7) is 6.63. The number of hydrogen-bond acceptors (Lipinski definition) is 3. The number of nitrogens with zero attached hydrogens (tertiary/aromatic N) is 3. The third-order valence-electron chi connectivity index (χ3n) is 5.89. The van der Waals surface area contributed by atoms with E-state index >= 15 is 0 Å². The largest absolute Gasteiger partial charge is 0.342 e. The van der Waals surface area contributed by atoms with Crippen LogP contribution in [0.5, 0.6) is 0 Å². The van der Waals surface area contributed by atoms with E-state index < -0.39 is 0 Å². The molecule has 1 heterocycles. The summed E-state index contributed by atoms with van der Waals surface area (Å²) in [5.74, 6) is 0.484. The second kappa shape index (κ2) is 10.3. The minimum absolute atomic E-state index is 0.00448. The molecule has 34 heavy (non-hydrogen) atoms. The lowest BCUT2D eigenvalue weighted by Gasteiger charge is -2.28. The fraction of sp³-hybridized carbons (Fsp3) is 0.250. The molecule has 0 saturated carbocycles. The first kappa shape index (κ1) is 23.2. The van der Waals surface area contributed by atoms with Gasteiger partial charge in [-0.1, -0.05) is 60.7 Å². The number of benzene rings is 3. The van der Waals surface area contributed by atoms with E-state index in [0.717, 1.165) is 16.6 Å². The van der Waals surface area contributed by atoms with Crippen molar-refractivity contribution in [2.75, 3.05) is 0 Å². The first-order chi connectivity index (χ1) is 16.4. The molecule has 0 radical (unpaired) electrons. The molecule has 6 nitrogen and oxygen atoms in total. The van der Waals surface area contributed by atoms with Crippen LogP contribution in [0.3, 0.4) is 0 Å². The number of carbonyl (C=O) groups is 2. The van der Waals surface area contributed by atoms with Crippen molar-refractivity contribution in [1.82, 2.24) is 19.8 Å². The molecule has 2 amide bonds. The lowest BCUT2D eigenvalue weighted by Crippen LogP contribution is -2.39. The van der Waals surface area contributed by atoms with Gasteiger partial charge in [0.15, 0.2) is 0 Å². The highest BCUT2D eigenvalue weighted by Gasteiger charge is 2.24. The first-order valence-electron chi connectivity index (χ1n) is 11.6. The van der Waals surface area contributed by atoms with Gasteiger partial charge in [0.25, 0.3) is 5.91 Å².